The van der Waals surface area contributed by atoms with Crippen molar-refractivity contribution >= 4 is 10.1 Å². The van der Waals surface area contributed by atoms with Crippen LogP contribution in [0, 0.1) is 0 Å². The summed E-state index contributed by atoms with van der Waals surface area (Å²) >= 11 is 0. The highest BCUT2D eigenvalue weighted by atomic mass is 32.2. The van der Waals surface area contributed by atoms with Crippen molar-refractivity contribution in [2.45, 2.75) is 321 Å². The summed E-state index contributed by atoms with van der Waals surface area (Å²) in [5, 5.41) is 0. The van der Waals surface area contributed by atoms with Crippen LogP contribution < -0.4 is 0 Å². The second-order valence-electron chi connectivity index (χ2n) is 20.6. The van der Waals surface area contributed by atoms with Gasteiger partial charge in [-0.2, -0.15) is 8.42 Å². The average molecular weight is 904 g/mol. The van der Waals surface area contributed by atoms with Crippen molar-refractivity contribution in [2.24, 2.45) is 0 Å². The summed E-state index contributed by atoms with van der Waals surface area (Å²) < 4.78 is 35.4. The smallest absolute Gasteiger partial charge is 0.294 e. The Hall–Kier alpha value is -0.910. The molecule has 0 aliphatic rings. The van der Waals surface area contributed by atoms with E-state index in [1.54, 1.807) is 12.1 Å². The van der Waals surface area contributed by atoms with Gasteiger partial charge in [-0.3, -0.25) is 4.55 Å². The SMILES string of the molecule is CCCCCCCCCCCCCCCCC[N+](CCCCCCCCCCCCCCCCC)(CCCCCCCCCCCCCCCCC)Cc1cccc(S(=O)(=O)O)c1. The Morgan fingerprint density at radius 3 is 0.794 bits per heavy atom. The van der Waals surface area contributed by atoms with Gasteiger partial charge in [0.2, 0.25) is 0 Å². The van der Waals surface area contributed by atoms with E-state index in [4.69, 9.17) is 0 Å². The lowest BCUT2D eigenvalue weighted by molar-refractivity contribution is -0.941. The number of benzene rings is 1. The van der Waals surface area contributed by atoms with E-state index in [2.05, 4.69) is 26.8 Å². The molecule has 0 atom stereocenters. The molecule has 63 heavy (non-hydrogen) atoms. The summed E-state index contributed by atoms with van der Waals surface area (Å²) in [6.07, 6.45) is 62.4. The molecule has 0 spiro atoms. The fraction of sp³-hybridized carbons (Fsp3) is 0.897. The normalized spacial score (nSPS) is 12.2. The molecule has 0 aliphatic heterocycles. The van der Waals surface area contributed by atoms with Gasteiger partial charge in [0.1, 0.15) is 6.54 Å². The number of rotatable bonds is 51. The molecule has 4 nitrogen and oxygen atoms in total. The minimum atomic E-state index is -4.22. The van der Waals surface area contributed by atoms with Crippen molar-refractivity contribution in [3.8, 4) is 0 Å². The Labute approximate surface area is 396 Å². The molecule has 1 rings (SSSR count). The van der Waals surface area contributed by atoms with E-state index in [1.165, 1.54) is 309 Å². The predicted molar refractivity (Wildman–Crippen MR) is 280 cm³/mol. The van der Waals surface area contributed by atoms with E-state index in [-0.39, 0.29) is 4.90 Å². The van der Waals surface area contributed by atoms with Crippen molar-refractivity contribution < 1.29 is 17.5 Å². The number of hydrogen-bond acceptors (Lipinski definition) is 2. The minimum Gasteiger partial charge on any atom is -0.320 e. The zero-order valence-electron chi connectivity index (χ0n) is 43.1. The zero-order valence-corrected chi connectivity index (χ0v) is 43.9. The molecule has 372 valence electrons. The molecule has 0 heterocycles. The summed E-state index contributed by atoms with van der Waals surface area (Å²) in [6.45, 7) is 11.3. The molecule has 0 bridgehead atoms. The van der Waals surface area contributed by atoms with Crippen LogP contribution in [0.15, 0.2) is 29.2 Å². The number of unbranched alkanes of at least 4 members (excludes halogenated alkanes) is 42. The zero-order chi connectivity index (χ0) is 45.6. The lowest BCUT2D eigenvalue weighted by atomic mass is 10.0. The maximum Gasteiger partial charge on any atom is 0.294 e. The summed E-state index contributed by atoms with van der Waals surface area (Å²) in [6, 6.07) is 7.24. The fourth-order valence-electron chi connectivity index (χ4n) is 10.2. The van der Waals surface area contributed by atoms with E-state index in [1.807, 2.05) is 6.07 Å². The first-order valence-electron chi connectivity index (χ1n) is 28.8. The van der Waals surface area contributed by atoms with E-state index in [0.717, 1.165) is 16.6 Å². The monoisotopic (exact) mass is 903 g/mol. The lowest BCUT2D eigenvalue weighted by Gasteiger charge is -2.39. The van der Waals surface area contributed by atoms with Crippen LogP contribution in [0.4, 0.5) is 0 Å². The van der Waals surface area contributed by atoms with E-state index in [9.17, 15) is 13.0 Å². The van der Waals surface area contributed by atoms with E-state index in [0.29, 0.717) is 0 Å². The molecule has 0 saturated carbocycles. The van der Waals surface area contributed by atoms with Crippen LogP contribution in [0.25, 0.3) is 0 Å². The molecule has 1 aromatic rings. The van der Waals surface area contributed by atoms with E-state index >= 15 is 0 Å². The molecular formula is C58H112NO3S+. The largest absolute Gasteiger partial charge is 0.320 e. The highest BCUT2D eigenvalue weighted by Gasteiger charge is 2.27. The molecule has 1 aromatic carbocycles. The molecule has 0 unspecified atom stereocenters. The summed E-state index contributed by atoms with van der Waals surface area (Å²) in [7, 11) is -4.22. The second kappa shape index (κ2) is 44.9. The van der Waals surface area contributed by atoms with Gasteiger partial charge in [0.25, 0.3) is 10.1 Å². The number of nitrogens with zero attached hydrogens (tertiary/aromatic N) is 1. The molecule has 0 aliphatic carbocycles. The Morgan fingerprint density at radius 2 is 0.571 bits per heavy atom. The number of hydrogen-bond donors (Lipinski definition) is 1. The molecular weight excluding hydrogens is 791 g/mol. The van der Waals surface area contributed by atoms with Crippen molar-refractivity contribution in [1.29, 1.82) is 0 Å². The van der Waals surface area contributed by atoms with Gasteiger partial charge < -0.3 is 4.48 Å². The highest BCUT2D eigenvalue weighted by Crippen LogP contribution is 2.25. The Bertz CT molecular complexity index is 1100. The topological polar surface area (TPSA) is 54.4 Å². The van der Waals surface area contributed by atoms with Crippen LogP contribution in [0.2, 0.25) is 0 Å². The van der Waals surface area contributed by atoms with Crippen LogP contribution in [-0.2, 0) is 16.7 Å². The van der Waals surface area contributed by atoms with Crippen molar-refractivity contribution in [1.82, 2.24) is 0 Å². The molecule has 0 aromatic heterocycles. The fourth-order valence-corrected chi connectivity index (χ4v) is 10.8. The predicted octanol–water partition coefficient (Wildman–Crippen LogP) is 19.9. The first kappa shape index (κ1) is 60.1. The minimum absolute atomic E-state index is 0.0454. The van der Waals surface area contributed by atoms with Gasteiger partial charge in [0.05, 0.1) is 24.5 Å². The van der Waals surface area contributed by atoms with Gasteiger partial charge in [0, 0.05) is 5.56 Å². The van der Waals surface area contributed by atoms with Gasteiger partial charge in [-0.25, -0.2) is 0 Å². The lowest BCUT2D eigenvalue weighted by Crippen LogP contribution is -2.49. The summed E-state index contributed by atoms with van der Waals surface area (Å²) in [5.41, 5.74) is 1.06. The first-order valence-corrected chi connectivity index (χ1v) is 30.2. The maximum atomic E-state index is 12.2. The Balaban J connectivity index is 2.67. The van der Waals surface area contributed by atoms with Gasteiger partial charge >= 0.3 is 0 Å². The maximum absolute atomic E-state index is 12.2. The quantitative estimate of drug-likeness (QED) is 0.0403. The van der Waals surface area contributed by atoms with Crippen LogP contribution in [-0.4, -0.2) is 37.1 Å². The first-order chi connectivity index (χ1) is 30.9. The standard InChI is InChI=1S/C58H111NO3S/c1-4-7-10-13-16-19-22-25-28-31-34-37-40-43-46-52-59(56-57-50-49-51-58(55-57)63(60,61)62,53-47-44-41-38-35-32-29-26-23-20-17-14-11-8-5-2)54-48-45-42-39-36-33-30-27-24-21-18-15-12-9-6-3/h49-51,55H,4-48,52-54,56H2,1-3H3/p+1. The highest BCUT2D eigenvalue weighted by molar-refractivity contribution is 7.85. The van der Waals surface area contributed by atoms with Crippen molar-refractivity contribution in [3.63, 3.8) is 0 Å². The molecule has 0 radical (unpaired) electrons. The van der Waals surface area contributed by atoms with Gasteiger partial charge in [-0.1, -0.05) is 283 Å². The van der Waals surface area contributed by atoms with Crippen molar-refractivity contribution in [3.05, 3.63) is 29.8 Å². The third kappa shape index (κ3) is 38.9. The van der Waals surface area contributed by atoms with Crippen LogP contribution >= 0.6 is 0 Å². The Kier molecular flexibility index (Phi) is 42.8. The van der Waals surface area contributed by atoms with Gasteiger partial charge in [-0.15, -0.1) is 0 Å². The van der Waals surface area contributed by atoms with Crippen LogP contribution in [0.5, 0.6) is 0 Å². The third-order valence-corrected chi connectivity index (χ3v) is 15.3. The molecule has 0 fully saturated rings. The molecule has 1 N–H and O–H groups in total. The number of quaternary nitrogens is 1. The third-order valence-electron chi connectivity index (χ3n) is 14.4. The second-order valence-corrected chi connectivity index (χ2v) is 22.1. The van der Waals surface area contributed by atoms with Crippen molar-refractivity contribution in [2.75, 3.05) is 19.6 Å². The van der Waals surface area contributed by atoms with Gasteiger partial charge in [-0.05, 0) is 50.7 Å². The molecule has 5 heteroatoms. The summed E-state index contributed by atoms with van der Waals surface area (Å²) in [4.78, 5) is 0.0454. The molecule has 0 saturated heterocycles. The van der Waals surface area contributed by atoms with Crippen LogP contribution in [0.3, 0.4) is 0 Å². The Morgan fingerprint density at radius 1 is 0.349 bits per heavy atom. The van der Waals surface area contributed by atoms with Crippen LogP contribution in [0.1, 0.15) is 315 Å². The van der Waals surface area contributed by atoms with Gasteiger partial charge in [0.15, 0.2) is 0 Å². The molecule has 0 amide bonds. The van der Waals surface area contributed by atoms with E-state index < -0.39 is 10.1 Å². The summed E-state index contributed by atoms with van der Waals surface area (Å²) in [5.74, 6) is 0. The average Bonchev–Trinajstić information content (AvgIpc) is 3.27.